The molecule has 2 aromatic rings. The highest BCUT2D eigenvalue weighted by Gasteiger charge is 2.14. The molecule has 0 bridgehead atoms. The fourth-order valence-electron chi connectivity index (χ4n) is 1.50. The monoisotopic (exact) mass is 261 g/mol. The lowest BCUT2D eigenvalue weighted by Gasteiger charge is -2.02. The van der Waals surface area contributed by atoms with Gasteiger partial charge in [0.15, 0.2) is 9.84 Å². The molecule has 0 amide bonds. The Hall–Kier alpha value is -2.01. The van der Waals surface area contributed by atoms with E-state index < -0.39 is 9.84 Å². The van der Waals surface area contributed by atoms with Crippen molar-refractivity contribution in [2.75, 3.05) is 6.26 Å². The first-order valence-electron chi connectivity index (χ1n) is 5.24. The lowest BCUT2D eigenvalue weighted by Crippen LogP contribution is -2.06. The number of ketones is 1. The number of hydrogen-bond acceptors (Lipinski definition) is 4. The van der Waals surface area contributed by atoms with E-state index in [0.29, 0.717) is 5.56 Å². The molecular formula is C13H11NO3S. The van der Waals surface area contributed by atoms with Gasteiger partial charge in [0.2, 0.25) is 5.78 Å². The second-order valence-electron chi connectivity index (χ2n) is 3.84. The third kappa shape index (κ3) is 2.62. The zero-order chi connectivity index (χ0) is 13.2. The predicted octanol–water partition coefficient (Wildman–Crippen LogP) is 1.72. The van der Waals surface area contributed by atoms with E-state index >= 15 is 0 Å². The average Bonchev–Trinajstić information content (AvgIpc) is 2.38. The van der Waals surface area contributed by atoms with Crippen LogP contribution in [0.1, 0.15) is 16.1 Å². The van der Waals surface area contributed by atoms with E-state index in [4.69, 9.17) is 0 Å². The van der Waals surface area contributed by atoms with E-state index in [1.54, 1.807) is 30.3 Å². The van der Waals surface area contributed by atoms with Crippen LogP contribution in [0.3, 0.4) is 0 Å². The summed E-state index contributed by atoms with van der Waals surface area (Å²) in [7, 11) is -3.33. The maximum atomic E-state index is 12.1. The van der Waals surface area contributed by atoms with Crippen molar-refractivity contribution in [1.82, 2.24) is 4.98 Å². The lowest BCUT2D eigenvalue weighted by molar-refractivity contribution is 0.103. The first kappa shape index (κ1) is 12.4. The van der Waals surface area contributed by atoms with Crippen molar-refractivity contribution in [3.63, 3.8) is 0 Å². The highest BCUT2D eigenvalue weighted by Crippen LogP contribution is 2.12. The van der Waals surface area contributed by atoms with Gasteiger partial charge in [-0.2, -0.15) is 0 Å². The van der Waals surface area contributed by atoms with Gasteiger partial charge >= 0.3 is 0 Å². The van der Waals surface area contributed by atoms with Crippen LogP contribution in [-0.4, -0.2) is 25.4 Å². The normalized spacial score (nSPS) is 11.2. The van der Waals surface area contributed by atoms with Crippen LogP contribution in [0, 0.1) is 0 Å². The maximum absolute atomic E-state index is 12.1. The number of rotatable bonds is 3. The molecule has 4 nitrogen and oxygen atoms in total. The zero-order valence-electron chi connectivity index (χ0n) is 9.70. The predicted molar refractivity (Wildman–Crippen MR) is 67.2 cm³/mol. The minimum absolute atomic E-state index is 0.0942. The molecule has 18 heavy (non-hydrogen) atoms. The lowest BCUT2D eigenvalue weighted by atomic mass is 10.1. The Kier molecular flexibility index (Phi) is 3.25. The molecule has 5 heteroatoms. The van der Waals surface area contributed by atoms with E-state index in [0.717, 1.165) is 6.26 Å². The number of carbonyl (C=O) groups excluding carboxylic acids is 1. The molecule has 0 atom stereocenters. The second kappa shape index (κ2) is 4.70. The number of carbonyl (C=O) groups is 1. The van der Waals surface area contributed by atoms with Gasteiger partial charge in [-0.1, -0.05) is 30.3 Å². The number of benzene rings is 1. The molecule has 0 aliphatic rings. The number of hydrogen-bond donors (Lipinski definition) is 0. The Morgan fingerprint density at radius 1 is 1.11 bits per heavy atom. The number of sulfone groups is 1. The molecule has 0 aliphatic carbocycles. The third-order valence-electron chi connectivity index (χ3n) is 2.43. The molecular weight excluding hydrogens is 250 g/mol. The molecule has 0 aliphatic heterocycles. The smallest absolute Gasteiger partial charge is 0.211 e. The molecule has 1 aromatic carbocycles. The van der Waals surface area contributed by atoms with Gasteiger partial charge in [0.25, 0.3) is 0 Å². The maximum Gasteiger partial charge on any atom is 0.211 e. The largest absolute Gasteiger partial charge is 0.287 e. The van der Waals surface area contributed by atoms with Crippen LogP contribution in [0.4, 0.5) is 0 Å². The van der Waals surface area contributed by atoms with Crippen LogP contribution in [0.15, 0.2) is 53.6 Å². The second-order valence-corrected chi connectivity index (χ2v) is 5.86. The summed E-state index contributed by atoms with van der Waals surface area (Å²) in [5, 5.41) is 0. The summed E-state index contributed by atoms with van der Waals surface area (Å²) in [6.07, 6.45) is 2.42. The van der Waals surface area contributed by atoms with E-state index in [-0.39, 0.29) is 16.4 Å². The molecule has 0 spiro atoms. The summed E-state index contributed by atoms with van der Waals surface area (Å²) in [6.45, 7) is 0. The highest BCUT2D eigenvalue weighted by atomic mass is 32.2. The van der Waals surface area contributed by atoms with Crippen LogP contribution in [0.5, 0.6) is 0 Å². The summed E-state index contributed by atoms with van der Waals surface area (Å²) in [5.74, 6) is -0.291. The van der Waals surface area contributed by atoms with Crippen LogP contribution in [0.2, 0.25) is 0 Å². The highest BCUT2D eigenvalue weighted by molar-refractivity contribution is 7.90. The summed E-state index contributed by atoms with van der Waals surface area (Å²) in [6, 6.07) is 11.3. The van der Waals surface area contributed by atoms with Gasteiger partial charge in [-0.05, 0) is 12.1 Å². The van der Waals surface area contributed by atoms with Crippen molar-refractivity contribution in [2.45, 2.75) is 4.90 Å². The molecule has 0 unspecified atom stereocenters. The van der Waals surface area contributed by atoms with Crippen LogP contribution < -0.4 is 0 Å². The van der Waals surface area contributed by atoms with E-state index in [1.807, 2.05) is 0 Å². The summed E-state index contributed by atoms with van der Waals surface area (Å²) in [5.41, 5.74) is 0.611. The Balaban J connectivity index is 2.44. The van der Waals surface area contributed by atoms with Crippen LogP contribution in [-0.2, 0) is 9.84 Å². The number of aromatic nitrogens is 1. The average molecular weight is 261 g/mol. The molecule has 1 heterocycles. The quantitative estimate of drug-likeness (QED) is 0.789. The van der Waals surface area contributed by atoms with Crippen molar-refractivity contribution in [1.29, 1.82) is 0 Å². The Morgan fingerprint density at radius 2 is 1.78 bits per heavy atom. The first-order valence-corrected chi connectivity index (χ1v) is 7.13. The van der Waals surface area contributed by atoms with Crippen LogP contribution in [0.25, 0.3) is 0 Å². The summed E-state index contributed by atoms with van der Waals surface area (Å²) in [4.78, 5) is 16.1. The molecule has 0 saturated heterocycles. The van der Waals surface area contributed by atoms with Gasteiger partial charge in [0.1, 0.15) is 5.69 Å². The molecule has 2 rings (SSSR count). The SMILES string of the molecule is CS(=O)(=O)c1ccnc(C(=O)c2ccccc2)c1. The fourth-order valence-corrected chi connectivity index (χ4v) is 2.14. The molecule has 0 N–H and O–H groups in total. The zero-order valence-corrected chi connectivity index (χ0v) is 10.5. The van der Waals surface area contributed by atoms with Crippen LogP contribution >= 0.6 is 0 Å². The Labute approximate surface area is 105 Å². The first-order chi connectivity index (χ1) is 8.48. The summed E-state index contributed by atoms with van der Waals surface area (Å²) >= 11 is 0. The topological polar surface area (TPSA) is 64.1 Å². The van der Waals surface area contributed by atoms with Crippen molar-refractivity contribution >= 4 is 15.6 Å². The Bertz CT molecular complexity index is 678. The molecule has 0 saturated carbocycles. The van der Waals surface area contributed by atoms with Gasteiger partial charge in [-0.15, -0.1) is 0 Å². The number of pyridine rings is 1. The van der Waals surface area contributed by atoms with Crippen molar-refractivity contribution < 1.29 is 13.2 Å². The standard InChI is InChI=1S/C13H11NO3S/c1-18(16,17)11-7-8-14-12(9-11)13(15)10-5-3-2-4-6-10/h2-9H,1H3. The van der Waals surface area contributed by atoms with Gasteiger partial charge in [0, 0.05) is 18.0 Å². The van der Waals surface area contributed by atoms with Crippen molar-refractivity contribution in [3.05, 3.63) is 59.9 Å². The van der Waals surface area contributed by atoms with Crippen molar-refractivity contribution in [3.8, 4) is 0 Å². The van der Waals surface area contributed by atoms with Gasteiger partial charge in [-0.25, -0.2) is 8.42 Å². The summed E-state index contributed by atoms with van der Waals surface area (Å²) < 4.78 is 22.8. The van der Waals surface area contributed by atoms with E-state index in [2.05, 4.69) is 4.98 Å². The van der Waals surface area contributed by atoms with Gasteiger partial charge < -0.3 is 0 Å². The van der Waals surface area contributed by atoms with Gasteiger partial charge in [0.05, 0.1) is 4.90 Å². The van der Waals surface area contributed by atoms with E-state index in [1.165, 1.54) is 18.3 Å². The van der Waals surface area contributed by atoms with Crippen molar-refractivity contribution in [2.24, 2.45) is 0 Å². The van der Waals surface area contributed by atoms with Gasteiger partial charge in [-0.3, -0.25) is 9.78 Å². The third-order valence-corrected chi connectivity index (χ3v) is 3.54. The minimum Gasteiger partial charge on any atom is -0.287 e. The fraction of sp³-hybridized carbons (Fsp3) is 0.0769. The molecule has 1 aromatic heterocycles. The molecule has 0 radical (unpaired) electrons. The number of nitrogens with zero attached hydrogens (tertiary/aromatic N) is 1. The molecule has 92 valence electrons. The Morgan fingerprint density at radius 3 is 2.39 bits per heavy atom. The minimum atomic E-state index is -3.33. The van der Waals surface area contributed by atoms with E-state index in [9.17, 15) is 13.2 Å². The molecule has 0 fully saturated rings.